The Kier molecular flexibility index (Phi) is 4.93. The highest BCUT2D eigenvalue weighted by Crippen LogP contribution is 2.18. The van der Waals surface area contributed by atoms with E-state index in [1.54, 1.807) is 11.9 Å². The summed E-state index contributed by atoms with van der Waals surface area (Å²) in [5, 5.41) is 15.3. The normalized spacial score (nSPS) is 21.1. The number of aliphatic hydroxyl groups is 1. The van der Waals surface area contributed by atoms with Gasteiger partial charge in [0.05, 0.1) is 12.1 Å². The molecule has 0 spiro atoms. The van der Waals surface area contributed by atoms with Gasteiger partial charge in [0.2, 0.25) is 11.8 Å². The van der Waals surface area contributed by atoms with Crippen LogP contribution in [0.1, 0.15) is 18.9 Å². The van der Waals surface area contributed by atoms with E-state index in [0.29, 0.717) is 25.2 Å². The number of anilines is 1. The second-order valence-electron chi connectivity index (χ2n) is 5.37. The van der Waals surface area contributed by atoms with Crippen molar-refractivity contribution in [1.82, 2.24) is 10.2 Å². The molecule has 3 N–H and O–H groups in total. The van der Waals surface area contributed by atoms with Crippen LogP contribution in [0.5, 0.6) is 0 Å². The predicted molar refractivity (Wildman–Crippen MR) is 79.6 cm³/mol. The number of hydrogen-bond acceptors (Lipinski definition) is 4. The van der Waals surface area contributed by atoms with E-state index < -0.39 is 6.10 Å². The summed E-state index contributed by atoms with van der Waals surface area (Å²) in [5.41, 5.74) is 1.57. The molecular formula is C15H21N3O3. The molecule has 6 nitrogen and oxygen atoms in total. The first kappa shape index (κ1) is 15.5. The van der Waals surface area contributed by atoms with Crippen molar-refractivity contribution in [2.75, 3.05) is 18.9 Å². The van der Waals surface area contributed by atoms with Crippen LogP contribution in [-0.4, -0.2) is 47.6 Å². The lowest BCUT2D eigenvalue weighted by Gasteiger charge is -2.19. The molecule has 1 fully saturated rings. The molecule has 2 amide bonds. The first-order valence-corrected chi connectivity index (χ1v) is 6.99. The second-order valence-corrected chi connectivity index (χ2v) is 5.37. The Bertz CT molecular complexity index is 533. The SMILES string of the molecule is CC(=O)N(C)Cc1ccccc1NC(=O)C1CC(O)CN1. The van der Waals surface area contributed by atoms with Gasteiger partial charge < -0.3 is 20.6 Å². The van der Waals surface area contributed by atoms with Gasteiger partial charge in [0, 0.05) is 32.7 Å². The van der Waals surface area contributed by atoms with Crippen molar-refractivity contribution >= 4 is 17.5 Å². The minimum absolute atomic E-state index is 0.0308. The third-order valence-electron chi connectivity index (χ3n) is 3.64. The van der Waals surface area contributed by atoms with Gasteiger partial charge in [0.15, 0.2) is 0 Å². The fraction of sp³-hybridized carbons (Fsp3) is 0.467. The number of hydrogen-bond donors (Lipinski definition) is 3. The van der Waals surface area contributed by atoms with E-state index in [2.05, 4.69) is 10.6 Å². The van der Waals surface area contributed by atoms with Crippen molar-refractivity contribution in [2.24, 2.45) is 0 Å². The predicted octanol–water partition coefficient (Wildman–Crippen LogP) is 0.326. The van der Waals surface area contributed by atoms with Gasteiger partial charge in [-0.05, 0) is 18.1 Å². The van der Waals surface area contributed by atoms with Gasteiger partial charge in [0.1, 0.15) is 0 Å². The van der Waals surface area contributed by atoms with E-state index in [1.165, 1.54) is 6.92 Å². The number of nitrogens with one attached hydrogen (secondary N) is 2. The number of para-hydroxylation sites is 1. The molecule has 0 saturated carbocycles. The number of β-amino-alcohol motifs (C(OH)–C–C–N with tert-alkyl or cyclic N) is 1. The number of carbonyl (C=O) groups is 2. The number of rotatable bonds is 4. The lowest BCUT2D eigenvalue weighted by atomic mass is 10.1. The van der Waals surface area contributed by atoms with Crippen LogP contribution < -0.4 is 10.6 Å². The lowest BCUT2D eigenvalue weighted by Crippen LogP contribution is -2.36. The van der Waals surface area contributed by atoms with Crippen molar-refractivity contribution in [2.45, 2.75) is 32.0 Å². The number of amides is 2. The number of nitrogens with zero attached hydrogens (tertiary/aromatic N) is 1. The zero-order valence-electron chi connectivity index (χ0n) is 12.3. The minimum Gasteiger partial charge on any atom is -0.392 e. The summed E-state index contributed by atoms with van der Waals surface area (Å²) in [5.74, 6) is -0.193. The van der Waals surface area contributed by atoms with Crippen LogP contribution in [0.3, 0.4) is 0 Å². The van der Waals surface area contributed by atoms with Gasteiger partial charge in [-0.1, -0.05) is 18.2 Å². The molecule has 0 aliphatic carbocycles. The molecule has 1 aliphatic rings. The average molecular weight is 291 g/mol. The Balaban J connectivity index is 2.06. The van der Waals surface area contributed by atoms with Gasteiger partial charge >= 0.3 is 0 Å². The molecule has 1 aliphatic heterocycles. The molecule has 0 bridgehead atoms. The maximum absolute atomic E-state index is 12.2. The highest BCUT2D eigenvalue weighted by atomic mass is 16.3. The second kappa shape index (κ2) is 6.69. The van der Waals surface area contributed by atoms with E-state index in [0.717, 1.165) is 5.56 Å². The summed E-state index contributed by atoms with van der Waals surface area (Å²) in [7, 11) is 1.72. The lowest BCUT2D eigenvalue weighted by molar-refractivity contribution is -0.128. The standard InChI is InChI=1S/C15H21N3O3/c1-10(19)18(2)9-11-5-3-4-6-13(11)17-15(21)14-7-12(20)8-16-14/h3-6,12,14,16,20H,7-9H2,1-2H3,(H,17,21). The van der Waals surface area contributed by atoms with E-state index >= 15 is 0 Å². The largest absolute Gasteiger partial charge is 0.392 e. The van der Waals surface area contributed by atoms with Gasteiger partial charge in [-0.2, -0.15) is 0 Å². The highest BCUT2D eigenvalue weighted by Gasteiger charge is 2.28. The van der Waals surface area contributed by atoms with Crippen LogP contribution in [-0.2, 0) is 16.1 Å². The molecule has 0 aromatic heterocycles. The molecule has 114 valence electrons. The third-order valence-corrected chi connectivity index (χ3v) is 3.64. The van der Waals surface area contributed by atoms with Crippen molar-refractivity contribution in [3.63, 3.8) is 0 Å². The molecular weight excluding hydrogens is 270 g/mol. The summed E-state index contributed by atoms with van der Waals surface area (Å²) in [6.45, 7) is 2.38. The Hall–Kier alpha value is -1.92. The Labute approximate surface area is 124 Å². The molecule has 1 saturated heterocycles. The smallest absolute Gasteiger partial charge is 0.241 e. The average Bonchev–Trinajstić information content (AvgIpc) is 2.87. The molecule has 1 aromatic carbocycles. The third kappa shape index (κ3) is 4.03. The minimum atomic E-state index is -0.472. The van der Waals surface area contributed by atoms with E-state index in [1.807, 2.05) is 24.3 Å². The topological polar surface area (TPSA) is 81.7 Å². The van der Waals surface area contributed by atoms with E-state index in [-0.39, 0.29) is 17.9 Å². The Morgan fingerprint density at radius 2 is 2.14 bits per heavy atom. The van der Waals surface area contributed by atoms with E-state index in [4.69, 9.17) is 0 Å². The van der Waals surface area contributed by atoms with Gasteiger partial charge in [-0.3, -0.25) is 9.59 Å². The van der Waals surface area contributed by atoms with Crippen molar-refractivity contribution < 1.29 is 14.7 Å². The summed E-state index contributed by atoms with van der Waals surface area (Å²) >= 11 is 0. The van der Waals surface area contributed by atoms with Crippen LogP contribution in [0.2, 0.25) is 0 Å². The van der Waals surface area contributed by atoms with Crippen LogP contribution >= 0.6 is 0 Å². The first-order valence-electron chi connectivity index (χ1n) is 6.99. The molecule has 2 atom stereocenters. The maximum atomic E-state index is 12.2. The van der Waals surface area contributed by atoms with Crippen LogP contribution in [0.4, 0.5) is 5.69 Å². The molecule has 0 radical (unpaired) electrons. The fourth-order valence-corrected chi connectivity index (χ4v) is 2.28. The van der Waals surface area contributed by atoms with Crippen molar-refractivity contribution in [1.29, 1.82) is 0 Å². The molecule has 2 unspecified atom stereocenters. The molecule has 6 heteroatoms. The van der Waals surface area contributed by atoms with Crippen molar-refractivity contribution in [3.8, 4) is 0 Å². The number of aliphatic hydroxyl groups excluding tert-OH is 1. The van der Waals surface area contributed by atoms with E-state index in [9.17, 15) is 14.7 Å². The Morgan fingerprint density at radius 1 is 1.43 bits per heavy atom. The fourth-order valence-electron chi connectivity index (χ4n) is 2.28. The van der Waals surface area contributed by atoms with Gasteiger partial charge in [-0.15, -0.1) is 0 Å². The van der Waals surface area contributed by atoms with Crippen molar-refractivity contribution in [3.05, 3.63) is 29.8 Å². The summed E-state index contributed by atoms with van der Waals surface area (Å²) in [6, 6.07) is 7.03. The number of carbonyl (C=O) groups excluding carboxylic acids is 2. The molecule has 21 heavy (non-hydrogen) atoms. The maximum Gasteiger partial charge on any atom is 0.241 e. The van der Waals surface area contributed by atoms with Crippen LogP contribution in [0, 0.1) is 0 Å². The Morgan fingerprint density at radius 3 is 2.76 bits per heavy atom. The summed E-state index contributed by atoms with van der Waals surface area (Å²) in [6.07, 6.45) is -0.0544. The summed E-state index contributed by atoms with van der Waals surface area (Å²) in [4.78, 5) is 25.1. The first-order chi connectivity index (χ1) is 9.97. The molecule has 2 rings (SSSR count). The number of benzene rings is 1. The quantitative estimate of drug-likeness (QED) is 0.746. The van der Waals surface area contributed by atoms with Gasteiger partial charge in [0.25, 0.3) is 0 Å². The van der Waals surface area contributed by atoms with Crippen LogP contribution in [0.15, 0.2) is 24.3 Å². The molecule has 1 aromatic rings. The van der Waals surface area contributed by atoms with Crippen LogP contribution in [0.25, 0.3) is 0 Å². The monoisotopic (exact) mass is 291 g/mol. The summed E-state index contributed by atoms with van der Waals surface area (Å²) < 4.78 is 0. The van der Waals surface area contributed by atoms with Gasteiger partial charge in [-0.25, -0.2) is 0 Å². The molecule has 1 heterocycles. The zero-order valence-corrected chi connectivity index (χ0v) is 12.3. The highest BCUT2D eigenvalue weighted by molar-refractivity contribution is 5.95. The zero-order chi connectivity index (χ0) is 15.4.